The van der Waals surface area contributed by atoms with Crippen molar-refractivity contribution < 1.29 is 4.79 Å². The van der Waals surface area contributed by atoms with Crippen molar-refractivity contribution in [1.82, 2.24) is 10.6 Å². The predicted molar refractivity (Wildman–Crippen MR) is 97.5 cm³/mol. The highest BCUT2D eigenvalue weighted by Gasteiger charge is 2.39. The molecule has 2 aromatic rings. The van der Waals surface area contributed by atoms with E-state index >= 15 is 0 Å². The number of carbonyl (C=O) groups excluding carboxylic acids is 1. The van der Waals surface area contributed by atoms with E-state index in [0.717, 1.165) is 22.6 Å². The topological polar surface area (TPSA) is 64.9 Å². The molecule has 2 bridgehead atoms. The van der Waals surface area contributed by atoms with E-state index in [0.29, 0.717) is 23.2 Å². The van der Waals surface area contributed by atoms with Gasteiger partial charge in [-0.15, -0.1) is 0 Å². The van der Waals surface area contributed by atoms with Crippen LogP contribution >= 0.6 is 11.8 Å². The van der Waals surface area contributed by atoms with Gasteiger partial charge in [-0.3, -0.25) is 4.79 Å². The van der Waals surface area contributed by atoms with Gasteiger partial charge < -0.3 is 10.6 Å². The second kappa shape index (κ2) is 6.91. The third-order valence-corrected chi connectivity index (χ3v) is 6.05. The van der Waals surface area contributed by atoms with E-state index < -0.39 is 0 Å². The minimum Gasteiger partial charge on any atom is -0.348 e. The molecule has 3 atom stereocenters. The maximum Gasteiger partial charge on any atom is 0.251 e. The molecular formula is C20H19N3OS. The average molecular weight is 349 g/mol. The number of rotatable bonds is 4. The minimum absolute atomic E-state index is 0.00618. The van der Waals surface area contributed by atoms with Crippen LogP contribution in [-0.2, 0) is 0 Å². The molecule has 25 heavy (non-hydrogen) atoms. The van der Waals surface area contributed by atoms with Gasteiger partial charge in [0.2, 0.25) is 0 Å². The van der Waals surface area contributed by atoms with Crippen LogP contribution in [0.25, 0.3) is 0 Å². The largest absolute Gasteiger partial charge is 0.348 e. The zero-order chi connectivity index (χ0) is 17.2. The molecule has 2 aliphatic rings. The van der Waals surface area contributed by atoms with E-state index in [4.69, 9.17) is 0 Å². The van der Waals surface area contributed by atoms with Crippen LogP contribution in [-0.4, -0.2) is 24.0 Å². The van der Waals surface area contributed by atoms with Crippen LogP contribution in [0.4, 0.5) is 0 Å². The zero-order valence-electron chi connectivity index (χ0n) is 13.7. The van der Waals surface area contributed by atoms with E-state index in [2.05, 4.69) is 16.7 Å². The summed E-state index contributed by atoms with van der Waals surface area (Å²) in [5.74, 6) is -0.00618. The lowest BCUT2D eigenvalue weighted by Crippen LogP contribution is -2.42. The summed E-state index contributed by atoms with van der Waals surface area (Å²) in [5, 5.41) is 15.9. The van der Waals surface area contributed by atoms with Crippen molar-refractivity contribution in [2.45, 2.75) is 47.2 Å². The van der Waals surface area contributed by atoms with Gasteiger partial charge in [-0.25, -0.2) is 0 Å². The van der Waals surface area contributed by atoms with E-state index in [1.165, 1.54) is 18.2 Å². The lowest BCUT2D eigenvalue weighted by Gasteiger charge is -2.21. The Labute approximate surface area is 151 Å². The molecule has 2 aromatic carbocycles. The number of benzene rings is 2. The van der Waals surface area contributed by atoms with Crippen LogP contribution in [0.15, 0.2) is 58.3 Å². The first-order valence-corrected chi connectivity index (χ1v) is 9.38. The highest BCUT2D eigenvalue weighted by Crippen LogP contribution is 2.31. The number of nitriles is 1. The molecule has 0 aromatic heterocycles. The monoisotopic (exact) mass is 349 g/mol. The van der Waals surface area contributed by atoms with E-state index in [-0.39, 0.29) is 11.9 Å². The summed E-state index contributed by atoms with van der Waals surface area (Å²) in [4.78, 5) is 14.4. The van der Waals surface area contributed by atoms with Crippen LogP contribution in [0.3, 0.4) is 0 Å². The second-order valence-electron chi connectivity index (χ2n) is 6.60. The number of amides is 1. The van der Waals surface area contributed by atoms with Crippen molar-refractivity contribution in [2.75, 3.05) is 0 Å². The van der Waals surface area contributed by atoms with Crippen molar-refractivity contribution in [3.63, 3.8) is 0 Å². The van der Waals surface area contributed by atoms with Crippen LogP contribution in [0, 0.1) is 11.3 Å². The molecule has 0 spiro atoms. The van der Waals surface area contributed by atoms with Crippen LogP contribution < -0.4 is 10.6 Å². The van der Waals surface area contributed by atoms with Crippen LogP contribution in [0.1, 0.15) is 35.2 Å². The zero-order valence-corrected chi connectivity index (χ0v) is 14.6. The van der Waals surface area contributed by atoms with Gasteiger partial charge in [0.25, 0.3) is 5.91 Å². The highest BCUT2D eigenvalue weighted by molar-refractivity contribution is 7.99. The molecule has 126 valence electrons. The molecule has 2 aliphatic heterocycles. The Morgan fingerprint density at radius 2 is 1.96 bits per heavy atom. The molecule has 5 heteroatoms. The summed E-state index contributed by atoms with van der Waals surface area (Å²) in [6.45, 7) is 0. The molecular weight excluding hydrogens is 330 g/mol. The van der Waals surface area contributed by atoms with Crippen LogP contribution in [0.2, 0.25) is 0 Å². The fraction of sp³-hybridized carbons (Fsp3) is 0.300. The summed E-state index contributed by atoms with van der Waals surface area (Å²) < 4.78 is 0. The number of hydrogen-bond donors (Lipinski definition) is 2. The van der Waals surface area contributed by atoms with Gasteiger partial charge in [-0.05, 0) is 55.7 Å². The molecule has 0 aliphatic carbocycles. The van der Waals surface area contributed by atoms with Crippen molar-refractivity contribution >= 4 is 17.7 Å². The van der Waals surface area contributed by atoms with Crippen molar-refractivity contribution in [1.29, 1.82) is 5.26 Å². The van der Waals surface area contributed by atoms with E-state index in [1.807, 2.05) is 48.5 Å². The summed E-state index contributed by atoms with van der Waals surface area (Å²) in [6, 6.07) is 18.6. The summed E-state index contributed by atoms with van der Waals surface area (Å²) >= 11 is 1.54. The average Bonchev–Trinajstić information content (AvgIpc) is 3.26. The number of hydrogen-bond acceptors (Lipinski definition) is 4. The van der Waals surface area contributed by atoms with Gasteiger partial charge in [0.05, 0.1) is 5.56 Å². The molecule has 4 rings (SSSR count). The standard InChI is InChI=1S/C20H19N3OS/c21-12-14-3-1-2-4-19(14)25-16-8-5-13(6-9-16)20(24)23-18-11-15-7-10-17(18)22-15/h1-6,8-9,15,17-18,22H,7,10-11H2,(H,23,24)/t15-,17+,18-/m1/s1. The van der Waals surface area contributed by atoms with Gasteiger partial charge in [-0.2, -0.15) is 5.26 Å². The van der Waals surface area contributed by atoms with Crippen molar-refractivity contribution in [2.24, 2.45) is 0 Å². The Balaban J connectivity index is 1.41. The molecule has 2 fully saturated rings. The third kappa shape index (κ3) is 3.41. The molecule has 2 heterocycles. The summed E-state index contributed by atoms with van der Waals surface area (Å²) in [7, 11) is 0. The minimum atomic E-state index is -0.00618. The molecule has 2 saturated heterocycles. The van der Waals surface area contributed by atoms with E-state index in [1.54, 1.807) is 0 Å². The van der Waals surface area contributed by atoms with Gasteiger partial charge in [-0.1, -0.05) is 23.9 Å². The molecule has 0 radical (unpaired) electrons. The number of fused-ring (bicyclic) bond motifs is 2. The third-order valence-electron chi connectivity index (χ3n) is 4.97. The molecule has 0 unspecified atom stereocenters. The number of nitrogens with one attached hydrogen (secondary N) is 2. The Morgan fingerprint density at radius 1 is 1.16 bits per heavy atom. The fourth-order valence-corrected chi connectivity index (χ4v) is 4.58. The van der Waals surface area contributed by atoms with Crippen molar-refractivity contribution in [3.05, 3.63) is 59.7 Å². The van der Waals surface area contributed by atoms with Gasteiger partial charge in [0.1, 0.15) is 6.07 Å². The SMILES string of the molecule is N#Cc1ccccc1Sc1ccc(C(=O)N[C@@H]2C[C@H]3CC[C@@H]2N3)cc1. The Bertz CT molecular complexity index is 828. The first-order valence-electron chi connectivity index (χ1n) is 8.57. The normalized spacial score (nSPS) is 24.0. The van der Waals surface area contributed by atoms with Crippen molar-refractivity contribution in [3.8, 4) is 6.07 Å². The lowest BCUT2D eigenvalue weighted by atomic mass is 9.95. The maximum atomic E-state index is 12.5. The quantitative estimate of drug-likeness (QED) is 0.889. The molecule has 0 saturated carbocycles. The van der Waals surface area contributed by atoms with Gasteiger partial charge in [0, 0.05) is 33.5 Å². The summed E-state index contributed by atoms with van der Waals surface area (Å²) in [5.41, 5.74) is 1.35. The smallest absolute Gasteiger partial charge is 0.251 e. The molecule has 1 amide bonds. The number of nitrogens with zero attached hydrogens (tertiary/aromatic N) is 1. The lowest BCUT2D eigenvalue weighted by molar-refractivity contribution is 0.0931. The summed E-state index contributed by atoms with van der Waals surface area (Å²) in [6.07, 6.45) is 3.42. The highest BCUT2D eigenvalue weighted by atomic mass is 32.2. The van der Waals surface area contributed by atoms with Gasteiger partial charge >= 0.3 is 0 Å². The number of carbonyl (C=O) groups is 1. The Hall–Kier alpha value is -2.29. The second-order valence-corrected chi connectivity index (χ2v) is 7.71. The predicted octanol–water partition coefficient (Wildman–Crippen LogP) is 3.33. The first-order chi connectivity index (χ1) is 12.2. The molecule has 2 N–H and O–H groups in total. The first kappa shape index (κ1) is 16.2. The van der Waals surface area contributed by atoms with E-state index in [9.17, 15) is 10.1 Å². The van der Waals surface area contributed by atoms with Crippen LogP contribution in [0.5, 0.6) is 0 Å². The Morgan fingerprint density at radius 3 is 2.64 bits per heavy atom. The fourth-order valence-electron chi connectivity index (χ4n) is 3.68. The Kier molecular flexibility index (Phi) is 4.48. The van der Waals surface area contributed by atoms with Gasteiger partial charge in [0.15, 0.2) is 0 Å². The maximum absolute atomic E-state index is 12.5. The molecule has 4 nitrogen and oxygen atoms in total.